The number of carbonyl (C=O) groups excluding carboxylic acids is 1. The molecule has 0 unspecified atom stereocenters. The summed E-state index contributed by atoms with van der Waals surface area (Å²) in [7, 11) is -3.20. The molecule has 0 fully saturated rings. The van der Waals surface area contributed by atoms with Crippen LogP contribution in [0.1, 0.15) is 36.5 Å². The summed E-state index contributed by atoms with van der Waals surface area (Å²) >= 11 is 0. The highest BCUT2D eigenvalue weighted by atomic mass is 32.2. The van der Waals surface area contributed by atoms with Crippen LogP contribution in [-0.2, 0) is 10.0 Å². The Balaban J connectivity index is 0.000000369. The number of unbranched alkanes of at least 4 members (excludes halogenated alkanes) is 2. The number of aromatic nitrogens is 2. The SMILES string of the molecule is CCCCCS(N)(=O)=O.[N-]=[N+]=NC(=O)c1ccccc1.c1cn[nH]c1. The van der Waals surface area contributed by atoms with Crippen LogP contribution in [0.2, 0.25) is 0 Å². The average Bonchev–Trinajstić information content (AvgIpc) is 3.15. The average molecular weight is 366 g/mol. The van der Waals surface area contributed by atoms with E-state index in [1.54, 1.807) is 42.7 Å². The minimum Gasteiger partial charge on any atom is -0.287 e. The maximum absolute atomic E-state index is 10.8. The van der Waals surface area contributed by atoms with Crippen molar-refractivity contribution < 1.29 is 13.2 Å². The second-order valence-electron chi connectivity index (χ2n) is 4.70. The number of hydrogen-bond acceptors (Lipinski definition) is 4. The smallest absolute Gasteiger partial charge is 0.249 e. The van der Waals surface area contributed by atoms with E-state index in [1.165, 1.54) is 0 Å². The predicted octanol–water partition coefficient (Wildman–Crippen LogP) is 3.01. The first-order chi connectivity index (χ1) is 11.9. The van der Waals surface area contributed by atoms with E-state index in [4.69, 9.17) is 10.7 Å². The van der Waals surface area contributed by atoms with Crippen molar-refractivity contribution in [1.29, 1.82) is 0 Å². The summed E-state index contributed by atoms with van der Waals surface area (Å²) in [5.74, 6) is -0.422. The van der Waals surface area contributed by atoms with Gasteiger partial charge in [-0.25, -0.2) is 13.6 Å². The minimum atomic E-state index is -3.20. The molecule has 0 saturated heterocycles. The number of primary sulfonamides is 1. The van der Waals surface area contributed by atoms with Crippen molar-refractivity contribution in [1.82, 2.24) is 10.2 Å². The Hall–Kier alpha value is -2.68. The number of nitrogens with two attached hydrogens (primary N) is 1. The first kappa shape index (κ1) is 22.3. The monoisotopic (exact) mass is 366 g/mol. The van der Waals surface area contributed by atoms with Gasteiger partial charge in [0.05, 0.1) is 5.75 Å². The second-order valence-corrected chi connectivity index (χ2v) is 6.44. The molecule has 1 aromatic heterocycles. The van der Waals surface area contributed by atoms with Gasteiger partial charge in [0.25, 0.3) is 0 Å². The lowest BCUT2D eigenvalue weighted by Gasteiger charge is -1.94. The summed E-state index contributed by atoms with van der Waals surface area (Å²) < 4.78 is 20.6. The molecule has 0 aliphatic heterocycles. The molecule has 0 bridgehead atoms. The van der Waals surface area contributed by atoms with Gasteiger partial charge >= 0.3 is 0 Å². The van der Waals surface area contributed by atoms with Crippen LogP contribution in [0.5, 0.6) is 0 Å². The van der Waals surface area contributed by atoms with Gasteiger partial charge in [0.2, 0.25) is 15.9 Å². The third-order valence-corrected chi connectivity index (χ3v) is 3.45. The van der Waals surface area contributed by atoms with Crippen molar-refractivity contribution in [3.8, 4) is 0 Å². The maximum atomic E-state index is 10.8. The number of nitrogens with zero attached hydrogens (tertiary/aromatic N) is 4. The molecule has 2 rings (SSSR count). The molecular formula is C15H22N6O3S. The zero-order valence-electron chi connectivity index (χ0n) is 13.9. The molecule has 10 heteroatoms. The lowest BCUT2D eigenvalue weighted by atomic mass is 10.2. The van der Waals surface area contributed by atoms with E-state index in [9.17, 15) is 13.2 Å². The fourth-order valence-electron chi connectivity index (χ4n) is 1.45. The second kappa shape index (κ2) is 13.7. The standard InChI is InChI=1S/C7H5N3O.C5H13NO2S.C3H4N2/c8-10-9-7(11)6-4-2-1-3-5-6;1-2-3-4-5-9(6,7)8;1-2-4-5-3-1/h1-5H;2-5H2,1H3,(H2,6,7,8);1-3H,(H,4,5). The first-order valence-electron chi connectivity index (χ1n) is 7.49. The summed E-state index contributed by atoms with van der Waals surface area (Å²) in [5.41, 5.74) is 8.34. The minimum absolute atomic E-state index is 0.126. The zero-order chi connectivity index (χ0) is 19.0. The number of hydrogen-bond donors (Lipinski definition) is 2. The molecule has 0 aliphatic rings. The van der Waals surface area contributed by atoms with Gasteiger partial charge in [-0.15, -0.1) is 0 Å². The Morgan fingerprint density at radius 3 is 2.36 bits per heavy atom. The predicted molar refractivity (Wildman–Crippen MR) is 96.0 cm³/mol. The van der Waals surface area contributed by atoms with E-state index in [0.717, 1.165) is 12.8 Å². The Morgan fingerprint density at radius 1 is 1.28 bits per heavy atom. The van der Waals surface area contributed by atoms with E-state index < -0.39 is 15.9 Å². The lowest BCUT2D eigenvalue weighted by molar-refractivity contribution is 0.100. The zero-order valence-corrected chi connectivity index (χ0v) is 14.8. The first-order valence-corrected chi connectivity index (χ1v) is 9.21. The lowest BCUT2D eigenvalue weighted by Crippen LogP contribution is -2.16. The molecule has 1 heterocycles. The largest absolute Gasteiger partial charge is 0.287 e. The Bertz CT molecular complexity index is 709. The highest BCUT2D eigenvalue weighted by Crippen LogP contribution is 2.00. The normalized spacial score (nSPS) is 9.52. The summed E-state index contributed by atoms with van der Waals surface area (Å²) in [6.45, 7) is 2.02. The molecule has 136 valence electrons. The van der Waals surface area contributed by atoms with E-state index in [0.29, 0.717) is 12.0 Å². The maximum Gasteiger partial charge on any atom is 0.249 e. The van der Waals surface area contributed by atoms with Crippen LogP contribution >= 0.6 is 0 Å². The molecule has 0 aliphatic carbocycles. The number of sulfonamides is 1. The Labute approximate surface area is 146 Å². The van der Waals surface area contributed by atoms with Crippen molar-refractivity contribution in [3.05, 3.63) is 64.8 Å². The van der Waals surface area contributed by atoms with Crippen LogP contribution in [0.25, 0.3) is 10.4 Å². The summed E-state index contributed by atoms with van der Waals surface area (Å²) in [6.07, 6.45) is 6.11. The molecule has 1 amide bonds. The van der Waals surface area contributed by atoms with Crippen LogP contribution < -0.4 is 5.14 Å². The van der Waals surface area contributed by atoms with Crippen molar-refractivity contribution in [2.45, 2.75) is 26.2 Å². The number of azide groups is 1. The number of benzene rings is 1. The van der Waals surface area contributed by atoms with Gasteiger partial charge in [-0.2, -0.15) is 5.10 Å². The molecule has 0 saturated carbocycles. The third-order valence-electron chi connectivity index (χ3n) is 2.59. The van der Waals surface area contributed by atoms with Crippen molar-refractivity contribution in [3.63, 3.8) is 0 Å². The van der Waals surface area contributed by atoms with E-state index in [1.807, 2.05) is 13.0 Å². The van der Waals surface area contributed by atoms with Gasteiger partial charge in [-0.3, -0.25) is 9.89 Å². The van der Waals surface area contributed by atoms with Crippen LogP contribution in [0.3, 0.4) is 0 Å². The summed E-state index contributed by atoms with van der Waals surface area (Å²) in [5, 5.41) is 13.9. The van der Waals surface area contributed by atoms with Gasteiger partial charge in [-0.05, 0) is 23.1 Å². The van der Waals surface area contributed by atoms with Gasteiger partial charge < -0.3 is 0 Å². The van der Waals surface area contributed by atoms with Gasteiger partial charge in [0.1, 0.15) is 0 Å². The highest BCUT2D eigenvalue weighted by molar-refractivity contribution is 7.89. The molecule has 0 spiro atoms. The summed E-state index contributed by atoms with van der Waals surface area (Å²) in [4.78, 5) is 13.2. The van der Waals surface area contributed by atoms with Crippen LogP contribution in [0.4, 0.5) is 0 Å². The number of H-pyrrole nitrogens is 1. The quantitative estimate of drug-likeness (QED) is 0.361. The Kier molecular flexibility index (Phi) is 12.3. The molecule has 9 nitrogen and oxygen atoms in total. The van der Waals surface area contributed by atoms with Crippen LogP contribution in [0, 0.1) is 0 Å². The number of aromatic amines is 1. The number of rotatable bonds is 5. The molecule has 0 atom stereocenters. The van der Waals surface area contributed by atoms with Gasteiger partial charge in [0.15, 0.2) is 0 Å². The van der Waals surface area contributed by atoms with E-state index in [2.05, 4.69) is 20.2 Å². The number of nitrogens with one attached hydrogen (secondary N) is 1. The van der Waals surface area contributed by atoms with E-state index >= 15 is 0 Å². The Morgan fingerprint density at radius 2 is 1.96 bits per heavy atom. The highest BCUT2D eigenvalue weighted by Gasteiger charge is 1.99. The number of amides is 1. The fraction of sp³-hybridized carbons (Fsp3) is 0.333. The van der Waals surface area contributed by atoms with Crippen molar-refractivity contribution in [2.75, 3.05) is 5.75 Å². The topological polar surface area (TPSA) is 155 Å². The number of carbonyl (C=O) groups is 1. The third kappa shape index (κ3) is 14.6. The van der Waals surface area contributed by atoms with Crippen LogP contribution in [-0.4, -0.2) is 30.3 Å². The molecular weight excluding hydrogens is 344 g/mol. The van der Waals surface area contributed by atoms with Gasteiger partial charge in [-0.1, -0.05) is 50.1 Å². The van der Waals surface area contributed by atoms with Crippen molar-refractivity contribution >= 4 is 15.9 Å². The van der Waals surface area contributed by atoms with Crippen molar-refractivity contribution in [2.24, 2.45) is 10.3 Å². The molecule has 1 aromatic carbocycles. The fourth-order valence-corrected chi connectivity index (χ4v) is 2.05. The molecule has 3 N–H and O–H groups in total. The van der Waals surface area contributed by atoms with E-state index in [-0.39, 0.29) is 5.75 Å². The van der Waals surface area contributed by atoms with Crippen LogP contribution in [0.15, 0.2) is 53.9 Å². The molecule has 0 radical (unpaired) electrons. The molecule has 2 aromatic rings. The summed E-state index contributed by atoms with van der Waals surface area (Å²) in [6, 6.07) is 10.2. The molecule has 25 heavy (non-hydrogen) atoms. The van der Waals surface area contributed by atoms with Gasteiger partial charge in [0, 0.05) is 22.9 Å².